The number of rotatable bonds is 6. The number of hydrogen-bond donors (Lipinski definition) is 1. The van der Waals surface area contributed by atoms with Gasteiger partial charge in [-0.1, -0.05) is 35.9 Å². The fourth-order valence-corrected chi connectivity index (χ4v) is 2.18. The number of amides is 1. The average molecular weight is 318 g/mol. The molecule has 0 aliphatic rings. The Hall–Kier alpha value is -2.00. The van der Waals surface area contributed by atoms with Crippen molar-refractivity contribution in [3.05, 3.63) is 64.2 Å². The molecular weight excluding hydrogens is 298 g/mol. The van der Waals surface area contributed by atoms with E-state index in [1.54, 1.807) is 0 Å². The summed E-state index contributed by atoms with van der Waals surface area (Å²) in [5.41, 5.74) is 3.28. The normalized spacial score (nSPS) is 10.3. The number of nitrogens with one attached hydrogen (secondary N) is 1. The fraction of sp³-hybridized carbons (Fsp3) is 0.278. The predicted molar refractivity (Wildman–Crippen MR) is 89.6 cm³/mol. The van der Waals surface area contributed by atoms with E-state index in [4.69, 9.17) is 16.3 Å². The summed E-state index contributed by atoms with van der Waals surface area (Å²) in [5, 5.41) is 3.57. The Morgan fingerprint density at radius 2 is 1.86 bits per heavy atom. The number of hydrogen-bond acceptors (Lipinski definition) is 2. The highest BCUT2D eigenvalue weighted by atomic mass is 35.5. The number of carbonyl (C=O) groups is 1. The molecule has 2 aromatic rings. The molecule has 0 radical (unpaired) electrons. The first-order valence-electron chi connectivity index (χ1n) is 7.26. The van der Waals surface area contributed by atoms with E-state index in [0.29, 0.717) is 6.54 Å². The van der Waals surface area contributed by atoms with Gasteiger partial charge in [0.05, 0.1) is 0 Å². The zero-order valence-electron chi connectivity index (χ0n) is 12.9. The number of halogens is 1. The molecule has 0 aliphatic heterocycles. The third kappa shape index (κ3) is 5.08. The van der Waals surface area contributed by atoms with Crippen LogP contribution in [-0.4, -0.2) is 19.1 Å². The number of aryl methyl sites for hydroxylation is 2. The van der Waals surface area contributed by atoms with Gasteiger partial charge in [-0.15, -0.1) is 0 Å². The van der Waals surface area contributed by atoms with E-state index in [-0.39, 0.29) is 12.5 Å². The molecule has 0 aromatic heterocycles. The third-order valence-corrected chi connectivity index (χ3v) is 3.60. The Bertz CT molecular complexity index is 638. The molecule has 3 nitrogen and oxygen atoms in total. The standard InChI is InChI=1S/C18H20ClNO2/c1-13-3-4-14(2)17(11-13)22-12-18(21)20-10-9-15-5-7-16(19)8-6-15/h3-8,11H,9-10,12H2,1-2H3,(H,20,21). The smallest absolute Gasteiger partial charge is 0.257 e. The lowest BCUT2D eigenvalue weighted by atomic mass is 10.1. The first-order chi connectivity index (χ1) is 10.5. The Morgan fingerprint density at radius 1 is 1.14 bits per heavy atom. The number of benzene rings is 2. The van der Waals surface area contributed by atoms with Crippen molar-refractivity contribution in [3.63, 3.8) is 0 Å². The Morgan fingerprint density at radius 3 is 2.59 bits per heavy atom. The van der Waals surface area contributed by atoms with E-state index in [2.05, 4.69) is 5.32 Å². The molecule has 0 saturated heterocycles. The van der Waals surface area contributed by atoms with Gasteiger partial charge in [0.15, 0.2) is 6.61 Å². The second-order valence-corrected chi connectivity index (χ2v) is 5.72. The van der Waals surface area contributed by atoms with E-state index in [0.717, 1.165) is 33.9 Å². The van der Waals surface area contributed by atoms with E-state index < -0.39 is 0 Å². The summed E-state index contributed by atoms with van der Waals surface area (Å²) >= 11 is 5.83. The van der Waals surface area contributed by atoms with Gasteiger partial charge in [-0.2, -0.15) is 0 Å². The second-order valence-electron chi connectivity index (χ2n) is 5.28. The molecule has 0 spiro atoms. The molecule has 2 aromatic carbocycles. The highest BCUT2D eigenvalue weighted by molar-refractivity contribution is 6.30. The molecule has 1 amide bonds. The van der Waals surface area contributed by atoms with Crippen LogP contribution >= 0.6 is 11.6 Å². The van der Waals surface area contributed by atoms with Crippen LogP contribution in [0.3, 0.4) is 0 Å². The monoisotopic (exact) mass is 317 g/mol. The topological polar surface area (TPSA) is 38.3 Å². The summed E-state index contributed by atoms with van der Waals surface area (Å²) in [6, 6.07) is 13.6. The highest BCUT2D eigenvalue weighted by Gasteiger charge is 2.05. The molecule has 4 heteroatoms. The van der Waals surface area contributed by atoms with Crippen molar-refractivity contribution in [2.75, 3.05) is 13.2 Å². The lowest BCUT2D eigenvalue weighted by Gasteiger charge is -2.10. The lowest BCUT2D eigenvalue weighted by Crippen LogP contribution is -2.30. The maximum Gasteiger partial charge on any atom is 0.257 e. The van der Waals surface area contributed by atoms with Crippen LogP contribution in [0.2, 0.25) is 5.02 Å². The van der Waals surface area contributed by atoms with Crippen LogP contribution in [-0.2, 0) is 11.2 Å². The molecule has 0 aliphatic carbocycles. The molecule has 0 atom stereocenters. The second kappa shape index (κ2) is 7.85. The van der Waals surface area contributed by atoms with Crippen LogP contribution in [0.5, 0.6) is 5.75 Å². The largest absolute Gasteiger partial charge is 0.483 e. The highest BCUT2D eigenvalue weighted by Crippen LogP contribution is 2.18. The van der Waals surface area contributed by atoms with Gasteiger partial charge in [0.1, 0.15) is 5.75 Å². The van der Waals surface area contributed by atoms with Gasteiger partial charge in [0.2, 0.25) is 0 Å². The number of ether oxygens (including phenoxy) is 1. The first kappa shape index (κ1) is 16.4. The van der Waals surface area contributed by atoms with E-state index >= 15 is 0 Å². The maximum atomic E-state index is 11.8. The first-order valence-corrected chi connectivity index (χ1v) is 7.63. The molecule has 0 heterocycles. The van der Waals surface area contributed by atoms with Gasteiger partial charge < -0.3 is 10.1 Å². The Balaban J connectivity index is 1.74. The Labute approximate surface area is 136 Å². The zero-order chi connectivity index (χ0) is 15.9. The van der Waals surface area contributed by atoms with Crippen molar-refractivity contribution in [1.29, 1.82) is 0 Å². The van der Waals surface area contributed by atoms with E-state index in [1.165, 1.54) is 0 Å². The summed E-state index contributed by atoms with van der Waals surface area (Å²) in [6.45, 7) is 4.58. The minimum absolute atomic E-state index is 0.0326. The molecule has 0 saturated carbocycles. The molecule has 0 unspecified atom stereocenters. The summed E-state index contributed by atoms with van der Waals surface area (Å²) in [6.07, 6.45) is 0.770. The van der Waals surface area contributed by atoms with Crippen molar-refractivity contribution in [1.82, 2.24) is 5.32 Å². The molecule has 0 bridgehead atoms. The lowest BCUT2D eigenvalue weighted by molar-refractivity contribution is -0.123. The summed E-state index contributed by atoms with van der Waals surface area (Å²) in [5.74, 6) is 0.641. The summed E-state index contributed by atoms with van der Waals surface area (Å²) < 4.78 is 5.57. The van der Waals surface area contributed by atoms with Crippen molar-refractivity contribution in [2.45, 2.75) is 20.3 Å². The Kier molecular flexibility index (Phi) is 5.84. The SMILES string of the molecule is Cc1ccc(C)c(OCC(=O)NCCc2ccc(Cl)cc2)c1. The minimum atomic E-state index is -0.116. The summed E-state index contributed by atoms with van der Waals surface area (Å²) in [7, 11) is 0. The van der Waals surface area contributed by atoms with Crippen molar-refractivity contribution < 1.29 is 9.53 Å². The van der Waals surface area contributed by atoms with E-state index in [9.17, 15) is 4.79 Å². The van der Waals surface area contributed by atoms with Gasteiger partial charge >= 0.3 is 0 Å². The maximum absolute atomic E-state index is 11.8. The predicted octanol–water partition coefficient (Wildman–Crippen LogP) is 3.69. The molecular formula is C18H20ClNO2. The van der Waals surface area contributed by atoms with Crippen LogP contribution in [0.1, 0.15) is 16.7 Å². The number of carbonyl (C=O) groups excluding carboxylic acids is 1. The van der Waals surface area contributed by atoms with Crippen LogP contribution in [0.25, 0.3) is 0 Å². The molecule has 2 rings (SSSR count). The third-order valence-electron chi connectivity index (χ3n) is 3.35. The molecule has 0 fully saturated rings. The summed E-state index contributed by atoms with van der Waals surface area (Å²) in [4.78, 5) is 11.8. The molecule has 116 valence electrons. The van der Waals surface area contributed by atoms with Gasteiger partial charge in [-0.05, 0) is 55.2 Å². The van der Waals surface area contributed by atoms with Crippen LogP contribution in [0, 0.1) is 13.8 Å². The zero-order valence-corrected chi connectivity index (χ0v) is 13.6. The van der Waals surface area contributed by atoms with Gasteiger partial charge in [-0.25, -0.2) is 0 Å². The fourth-order valence-electron chi connectivity index (χ4n) is 2.05. The van der Waals surface area contributed by atoms with Crippen molar-refractivity contribution >= 4 is 17.5 Å². The van der Waals surface area contributed by atoms with Crippen LogP contribution < -0.4 is 10.1 Å². The van der Waals surface area contributed by atoms with Gasteiger partial charge in [0, 0.05) is 11.6 Å². The van der Waals surface area contributed by atoms with Gasteiger partial charge in [-0.3, -0.25) is 4.79 Å². The van der Waals surface area contributed by atoms with Gasteiger partial charge in [0.25, 0.3) is 5.91 Å². The molecule has 22 heavy (non-hydrogen) atoms. The van der Waals surface area contributed by atoms with E-state index in [1.807, 2.05) is 56.3 Å². The average Bonchev–Trinajstić information content (AvgIpc) is 2.50. The van der Waals surface area contributed by atoms with Crippen molar-refractivity contribution in [3.8, 4) is 5.75 Å². The quantitative estimate of drug-likeness (QED) is 0.882. The minimum Gasteiger partial charge on any atom is -0.483 e. The van der Waals surface area contributed by atoms with Crippen LogP contribution in [0.15, 0.2) is 42.5 Å². The molecule has 1 N–H and O–H groups in total. The van der Waals surface area contributed by atoms with Crippen molar-refractivity contribution in [2.24, 2.45) is 0 Å². The van der Waals surface area contributed by atoms with Crippen LogP contribution in [0.4, 0.5) is 0 Å².